The minimum Gasteiger partial charge on any atom is -0.466 e. The second kappa shape index (κ2) is 5.99. The summed E-state index contributed by atoms with van der Waals surface area (Å²) in [5.74, 6) is 1.07. The molecule has 1 unspecified atom stereocenters. The molecule has 0 aliphatic heterocycles. The fraction of sp³-hybridized carbons (Fsp3) is 0.312. The summed E-state index contributed by atoms with van der Waals surface area (Å²) in [7, 11) is 0. The first-order valence-corrected chi connectivity index (χ1v) is 6.77. The Bertz CT molecular complexity index is 664. The molecule has 0 bridgehead atoms. The van der Waals surface area contributed by atoms with E-state index >= 15 is 0 Å². The van der Waals surface area contributed by atoms with Crippen LogP contribution in [0.25, 0.3) is 0 Å². The fourth-order valence-corrected chi connectivity index (χ4v) is 2.31. The van der Waals surface area contributed by atoms with Gasteiger partial charge in [0, 0.05) is 18.2 Å². The number of aryl methyl sites for hydroxylation is 2. The van der Waals surface area contributed by atoms with Crippen molar-refractivity contribution < 1.29 is 13.6 Å². The van der Waals surface area contributed by atoms with Crippen LogP contribution >= 0.6 is 0 Å². The molecule has 0 spiro atoms. The predicted molar refractivity (Wildman–Crippen MR) is 80.9 cm³/mol. The van der Waals surface area contributed by atoms with Crippen molar-refractivity contribution in [1.82, 2.24) is 0 Å². The van der Waals surface area contributed by atoms with E-state index in [2.05, 4.69) is 10.6 Å². The molecule has 0 fully saturated rings. The Kier molecular flexibility index (Phi) is 4.31. The number of carbonyl (C=O) groups excluding carboxylic acids is 1. The molecular weight excluding hydrogens is 271 g/mol. The summed E-state index contributed by atoms with van der Waals surface area (Å²) < 4.78 is 19.4. The molecule has 0 saturated heterocycles. The molecule has 1 atom stereocenters. The lowest BCUT2D eigenvalue weighted by atomic mass is 10.1. The number of carbonyl (C=O) groups is 1. The quantitative estimate of drug-likeness (QED) is 0.888. The Morgan fingerprint density at radius 2 is 2.00 bits per heavy atom. The lowest BCUT2D eigenvalue weighted by Crippen LogP contribution is -2.10. The minimum absolute atomic E-state index is 0.107. The summed E-state index contributed by atoms with van der Waals surface area (Å²) in [5.41, 5.74) is 1.88. The standard InChI is InChI=1S/C16H19FN2O2/c1-9-7-14(11(3)21-9)10(2)18-16-8-13(19-12(4)20)5-6-15(16)17/h5-8,10,18H,1-4H3,(H,19,20). The van der Waals surface area contributed by atoms with E-state index in [1.807, 2.05) is 26.8 Å². The molecule has 2 rings (SSSR count). The number of hydrogen-bond donors (Lipinski definition) is 2. The molecule has 1 amide bonds. The zero-order chi connectivity index (χ0) is 15.6. The highest BCUT2D eigenvalue weighted by atomic mass is 19.1. The van der Waals surface area contributed by atoms with Crippen LogP contribution in [0.2, 0.25) is 0 Å². The lowest BCUT2D eigenvalue weighted by molar-refractivity contribution is -0.114. The summed E-state index contributed by atoms with van der Waals surface area (Å²) in [6.45, 7) is 7.10. The van der Waals surface area contributed by atoms with Crippen molar-refractivity contribution in [2.24, 2.45) is 0 Å². The van der Waals surface area contributed by atoms with Gasteiger partial charge in [-0.1, -0.05) is 0 Å². The van der Waals surface area contributed by atoms with Crippen molar-refractivity contribution in [3.8, 4) is 0 Å². The maximum atomic E-state index is 13.9. The third-order valence-corrected chi connectivity index (χ3v) is 3.20. The van der Waals surface area contributed by atoms with Gasteiger partial charge in [-0.05, 0) is 45.0 Å². The van der Waals surface area contributed by atoms with Gasteiger partial charge < -0.3 is 15.1 Å². The van der Waals surface area contributed by atoms with Gasteiger partial charge in [0.05, 0.1) is 11.7 Å². The zero-order valence-electron chi connectivity index (χ0n) is 12.6. The fourth-order valence-electron chi connectivity index (χ4n) is 2.31. The van der Waals surface area contributed by atoms with Crippen LogP contribution in [0.3, 0.4) is 0 Å². The third-order valence-electron chi connectivity index (χ3n) is 3.20. The molecule has 21 heavy (non-hydrogen) atoms. The van der Waals surface area contributed by atoms with Gasteiger partial charge in [0.2, 0.25) is 5.91 Å². The van der Waals surface area contributed by atoms with E-state index in [4.69, 9.17) is 4.42 Å². The Balaban J connectivity index is 2.22. The average Bonchev–Trinajstić information content (AvgIpc) is 2.72. The van der Waals surface area contributed by atoms with Crippen LogP contribution in [0.1, 0.15) is 37.0 Å². The highest BCUT2D eigenvalue weighted by Gasteiger charge is 2.14. The molecule has 1 aromatic heterocycles. The van der Waals surface area contributed by atoms with Crippen LogP contribution in [0.4, 0.5) is 15.8 Å². The summed E-state index contributed by atoms with van der Waals surface area (Å²) in [6, 6.07) is 6.26. The predicted octanol–water partition coefficient (Wildman–Crippen LogP) is 4.17. The van der Waals surface area contributed by atoms with Crippen molar-refractivity contribution in [2.45, 2.75) is 33.7 Å². The van der Waals surface area contributed by atoms with E-state index in [1.165, 1.54) is 19.1 Å². The van der Waals surface area contributed by atoms with Crippen molar-refractivity contribution in [1.29, 1.82) is 0 Å². The molecule has 0 aliphatic carbocycles. The van der Waals surface area contributed by atoms with Crippen LogP contribution in [0.15, 0.2) is 28.7 Å². The summed E-state index contributed by atoms with van der Waals surface area (Å²) in [4.78, 5) is 11.1. The second-order valence-corrected chi connectivity index (χ2v) is 5.11. The third kappa shape index (κ3) is 3.62. The Hall–Kier alpha value is -2.30. The van der Waals surface area contributed by atoms with Crippen molar-refractivity contribution in [2.75, 3.05) is 10.6 Å². The summed E-state index contributed by atoms with van der Waals surface area (Å²) in [5, 5.41) is 5.74. The summed E-state index contributed by atoms with van der Waals surface area (Å²) >= 11 is 0. The summed E-state index contributed by atoms with van der Waals surface area (Å²) in [6.07, 6.45) is 0. The number of amides is 1. The van der Waals surface area contributed by atoms with E-state index in [9.17, 15) is 9.18 Å². The highest BCUT2D eigenvalue weighted by Crippen LogP contribution is 2.27. The van der Waals surface area contributed by atoms with Crippen molar-refractivity contribution in [3.63, 3.8) is 0 Å². The number of furan rings is 1. The Labute approximate surface area is 123 Å². The molecule has 1 heterocycles. The van der Waals surface area contributed by atoms with Crippen LogP contribution in [-0.2, 0) is 4.79 Å². The molecule has 0 aliphatic rings. The van der Waals surface area contributed by atoms with Gasteiger partial charge in [0.1, 0.15) is 17.3 Å². The number of benzene rings is 1. The van der Waals surface area contributed by atoms with E-state index < -0.39 is 0 Å². The van der Waals surface area contributed by atoms with Gasteiger partial charge in [-0.3, -0.25) is 4.79 Å². The van der Waals surface area contributed by atoms with Gasteiger partial charge in [-0.15, -0.1) is 0 Å². The molecule has 1 aromatic carbocycles. The second-order valence-electron chi connectivity index (χ2n) is 5.11. The number of hydrogen-bond acceptors (Lipinski definition) is 3. The van der Waals surface area contributed by atoms with Crippen LogP contribution < -0.4 is 10.6 Å². The monoisotopic (exact) mass is 290 g/mol. The molecule has 5 heteroatoms. The first-order chi connectivity index (χ1) is 9.86. The lowest BCUT2D eigenvalue weighted by Gasteiger charge is -2.16. The maximum absolute atomic E-state index is 13.9. The van der Waals surface area contributed by atoms with Gasteiger partial charge in [-0.2, -0.15) is 0 Å². The molecule has 0 saturated carbocycles. The number of anilines is 2. The molecule has 112 valence electrons. The van der Waals surface area contributed by atoms with Crippen LogP contribution in [0.5, 0.6) is 0 Å². The zero-order valence-corrected chi connectivity index (χ0v) is 12.6. The molecule has 0 radical (unpaired) electrons. The number of halogens is 1. The normalized spacial score (nSPS) is 12.0. The maximum Gasteiger partial charge on any atom is 0.221 e. The van der Waals surface area contributed by atoms with E-state index in [-0.39, 0.29) is 17.8 Å². The van der Waals surface area contributed by atoms with Crippen molar-refractivity contribution in [3.05, 3.63) is 47.2 Å². The SMILES string of the molecule is CC(=O)Nc1ccc(F)c(NC(C)c2cc(C)oc2C)c1. The van der Waals surface area contributed by atoms with Gasteiger partial charge in [-0.25, -0.2) is 4.39 Å². The van der Waals surface area contributed by atoms with E-state index in [0.717, 1.165) is 17.1 Å². The van der Waals surface area contributed by atoms with Gasteiger partial charge in [0.15, 0.2) is 0 Å². The molecule has 2 aromatic rings. The Morgan fingerprint density at radius 3 is 2.57 bits per heavy atom. The van der Waals surface area contributed by atoms with Crippen LogP contribution in [-0.4, -0.2) is 5.91 Å². The molecule has 4 nitrogen and oxygen atoms in total. The number of rotatable bonds is 4. The van der Waals surface area contributed by atoms with Gasteiger partial charge >= 0.3 is 0 Å². The highest BCUT2D eigenvalue weighted by molar-refractivity contribution is 5.89. The molecular formula is C16H19FN2O2. The first-order valence-electron chi connectivity index (χ1n) is 6.77. The molecule has 2 N–H and O–H groups in total. The van der Waals surface area contributed by atoms with E-state index in [1.54, 1.807) is 6.07 Å². The van der Waals surface area contributed by atoms with Crippen molar-refractivity contribution >= 4 is 17.3 Å². The Morgan fingerprint density at radius 1 is 1.29 bits per heavy atom. The number of nitrogens with one attached hydrogen (secondary N) is 2. The first kappa shape index (κ1) is 15.1. The minimum atomic E-state index is -0.367. The van der Waals surface area contributed by atoms with Gasteiger partial charge in [0.25, 0.3) is 0 Å². The largest absolute Gasteiger partial charge is 0.466 e. The topological polar surface area (TPSA) is 54.3 Å². The van der Waals surface area contributed by atoms with Crippen LogP contribution in [0, 0.1) is 19.7 Å². The van der Waals surface area contributed by atoms with E-state index in [0.29, 0.717) is 11.4 Å². The average molecular weight is 290 g/mol. The smallest absolute Gasteiger partial charge is 0.221 e.